The number of rotatable bonds is 3. The number of hydrogen-bond acceptors (Lipinski definition) is 4. The number of hydrogen-bond donors (Lipinski definition) is 2. The molecule has 5 heteroatoms. The van der Waals surface area contributed by atoms with Crippen molar-refractivity contribution in [2.75, 3.05) is 25.4 Å². The maximum absolute atomic E-state index is 12.8. The van der Waals surface area contributed by atoms with Gasteiger partial charge >= 0.3 is 0 Å². The summed E-state index contributed by atoms with van der Waals surface area (Å²) in [5.74, 6) is 0.410. The highest BCUT2D eigenvalue weighted by atomic mass is 16.5. The van der Waals surface area contributed by atoms with Crippen molar-refractivity contribution in [2.45, 2.75) is 38.7 Å². The van der Waals surface area contributed by atoms with Gasteiger partial charge in [0, 0.05) is 18.8 Å². The molecule has 1 aliphatic heterocycles. The van der Waals surface area contributed by atoms with Gasteiger partial charge in [0.15, 0.2) is 0 Å². The lowest BCUT2D eigenvalue weighted by atomic mass is 9.98. The number of carbonyl (C=O) groups is 1. The van der Waals surface area contributed by atoms with Crippen LogP contribution in [0.1, 0.15) is 43.5 Å². The highest BCUT2D eigenvalue weighted by molar-refractivity contribution is 6.01. The van der Waals surface area contributed by atoms with Gasteiger partial charge in [-0.15, -0.1) is 0 Å². The van der Waals surface area contributed by atoms with Crippen LogP contribution in [0.25, 0.3) is 0 Å². The molecule has 1 saturated heterocycles. The Hall–Kier alpha value is -1.75. The van der Waals surface area contributed by atoms with Crippen LogP contribution in [0.4, 0.5) is 5.69 Å². The first-order chi connectivity index (χ1) is 9.94. The number of nitrogens with two attached hydrogens (primary N) is 1. The monoisotopic (exact) mass is 292 g/mol. The van der Waals surface area contributed by atoms with Crippen LogP contribution in [0.2, 0.25) is 0 Å². The molecule has 1 amide bonds. The molecule has 1 heterocycles. The largest absolute Gasteiger partial charge is 0.493 e. The molecule has 1 aromatic rings. The zero-order chi connectivity index (χ0) is 15.5. The van der Waals surface area contributed by atoms with Crippen LogP contribution in [0, 0.1) is 0 Å². The summed E-state index contributed by atoms with van der Waals surface area (Å²) in [5.41, 5.74) is 6.14. The summed E-state index contributed by atoms with van der Waals surface area (Å²) in [7, 11) is 0. The number of aliphatic hydroxyl groups is 1. The Bertz CT molecular complexity index is 514. The predicted octanol–water partition coefficient (Wildman–Crippen LogP) is 2.04. The lowest BCUT2D eigenvalue weighted by molar-refractivity contribution is 0.0438. The van der Waals surface area contributed by atoms with Crippen LogP contribution in [0.3, 0.4) is 0 Å². The molecule has 1 aromatic carbocycles. The smallest absolute Gasteiger partial charge is 0.259 e. The number of amides is 1. The van der Waals surface area contributed by atoms with Gasteiger partial charge in [0.25, 0.3) is 5.91 Å². The normalized spacial score (nSPS) is 22.7. The number of carbonyl (C=O) groups excluding carboxylic acids is 1. The Balaban J connectivity index is 2.23. The Labute approximate surface area is 125 Å². The van der Waals surface area contributed by atoms with Crippen LogP contribution in [0.5, 0.6) is 5.75 Å². The molecule has 1 fully saturated rings. The average molecular weight is 292 g/mol. The van der Waals surface area contributed by atoms with E-state index in [9.17, 15) is 9.90 Å². The lowest BCUT2D eigenvalue weighted by Crippen LogP contribution is -2.34. The minimum Gasteiger partial charge on any atom is -0.493 e. The molecule has 3 N–H and O–H groups in total. The van der Waals surface area contributed by atoms with Gasteiger partial charge in [-0.2, -0.15) is 0 Å². The number of anilines is 1. The fourth-order valence-corrected chi connectivity index (χ4v) is 2.68. The maximum atomic E-state index is 12.8. The molecule has 21 heavy (non-hydrogen) atoms. The summed E-state index contributed by atoms with van der Waals surface area (Å²) in [6, 6.07) is 5.26. The minimum absolute atomic E-state index is 0.116. The molecule has 0 radical (unpaired) electrons. The van der Waals surface area contributed by atoms with Gasteiger partial charge in [-0.1, -0.05) is 6.07 Å². The minimum atomic E-state index is -0.694. The average Bonchev–Trinajstić information content (AvgIpc) is 2.60. The van der Waals surface area contributed by atoms with E-state index in [-0.39, 0.29) is 5.91 Å². The Morgan fingerprint density at radius 3 is 2.90 bits per heavy atom. The topological polar surface area (TPSA) is 75.8 Å². The van der Waals surface area contributed by atoms with Gasteiger partial charge in [0.1, 0.15) is 11.3 Å². The van der Waals surface area contributed by atoms with Gasteiger partial charge in [0.2, 0.25) is 0 Å². The molecule has 1 unspecified atom stereocenters. The molecule has 116 valence electrons. The maximum Gasteiger partial charge on any atom is 0.259 e. The predicted molar refractivity (Wildman–Crippen MR) is 82.4 cm³/mol. The second kappa shape index (κ2) is 6.35. The van der Waals surface area contributed by atoms with E-state index < -0.39 is 5.60 Å². The van der Waals surface area contributed by atoms with Crippen LogP contribution in [-0.4, -0.2) is 41.2 Å². The molecule has 0 spiro atoms. The van der Waals surface area contributed by atoms with Crippen molar-refractivity contribution in [3.05, 3.63) is 23.8 Å². The quantitative estimate of drug-likeness (QED) is 0.836. The van der Waals surface area contributed by atoms with Crippen molar-refractivity contribution in [1.29, 1.82) is 0 Å². The van der Waals surface area contributed by atoms with Crippen molar-refractivity contribution in [3.63, 3.8) is 0 Å². The van der Waals surface area contributed by atoms with Crippen molar-refractivity contribution in [1.82, 2.24) is 4.90 Å². The SMILES string of the molecule is CCOc1cccc(N)c1C(=O)N1CCCC(C)(O)CC1. The summed E-state index contributed by atoms with van der Waals surface area (Å²) in [5, 5.41) is 10.1. The molecule has 0 bridgehead atoms. The van der Waals surface area contributed by atoms with Gasteiger partial charge in [-0.25, -0.2) is 0 Å². The second-order valence-electron chi connectivity index (χ2n) is 5.80. The Morgan fingerprint density at radius 2 is 2.19 bits per heavy atom. The highest BCUT2D eigenvalue weighted by Crippen LogP contribution is 2.28. The molecular weight excluding hydrogens is 268 g/mol. The van der Waals surface area contributed by atoms with Crippen LogP contribution in [-0.2, 0) is 0 Å². The van der Waals surface area contributed by atoms with Crippen LogP contribution in [0.15, 0.2) is 18.2 Å². The third-order valence-electron chi connectivity index (χ3n) is 3.92. The summed E-state index contributed by atoms with van der Waals surface area (Å²) < 4.78 is 5.53. The first kappa shape index (κ1) is 15.6. The molecule has 2 rings (SSSR count). The van der Waals surface area contributed by atoms with Crippen molar-refractivity contribution >= 4 is 11.6 Å². The molecule has 5 nitrogen and oxygen atoms in total. The number of nitrogens with zero attached hydrogens (tertiary/aromatic N) is 1. The zero-order valence-electron chi connectivity index (χ0n) is 12.8. The number of likely N-dealkylation sites (tertiary alicyclic amines) is 1. The van der Waals surface area contributed by atoms with E-state index in [1.165, 1.54) is 0 Å². The molecule has 1 aliphatic rings. The summed E-state index contributed by atoms with van der Waals surface area (Å²) in [4.78, 5) is 14.5. The molecule has 0 aliphatic carbocycles. The van der Waals surface area contributed by atoms with E-state index in [2.05, 4.69) is 0 Å². The van der Waals surface area contributed by atoms with E-state index in [1.807, 2.05) is 13.8 Å². The van der Waals surface area contributed by atoms with Gasteiger partial charge < -0.3 is 20.5 Å². The molecule has 1 atom stereocenters. The van der Waals surface area contributed by atoms with Crippen LogP contribution >= 0.6 is 0 Å². The summed E-state index contributed by atoms with van der Waals surface area (Å²) in [6.07, 6.45) is 2.07. The van der Waals surface area contributed by atoms with Crippen molar-refractivity contribution < 1.29 is 14.6 Å². The molecular formula is C16H24N2O3. The third-order valence-corrected chi connectivity index (χ3v) is 3.92. The number of nitrogen functional groups attached to an aromatic ring is 1. The van der Waals surface area contributed by atoms with Gasteiger partial charge in [0.05, 0.1) is 12.2 Å². The fraction of sp³-hybridized carbons (Fsp3) is 0.562. The standard InChI is InChI=1S/C16H24N2O3/c1-3-21-13-7-4-6-12(17)14(13)15(19)18-10-5-8-16(2,20)9-11-18/h4,6-7,20H,3,5,8-11,17H2,1-2H3. The second-order valence-corrected chi connectivity index (χ2v) is 5.80. The zero-order valence-corrected chi connectivity index (χ0v) is 12.8. The van der Waals surface area contributed by atoms with E-state index in [0.717, 1.165) is 6.42 Å². The van der Waals surface area contributed by atoms with E-state index >= 15 is 0 Å². The summed E-state index contributed by atoms with van der Waals surface area (Å²) in [6.45, 7) is 5.35. The van der Waals surface area contributed by atoms with Crippen LogP contribution < -0.4 is 10.5 Å². The lowest BCUT2D eigenvalue weighted by Gasteiger charge is -2.24. The van der Waals surface area contributed by atoms with Gasteiger partial charge in [-0.3, -0.25) is 4.79 Å². The summed E-state index contributed by atoms with van der Waals surface area (Å²) >= 11 is 0. The fourth-order valence-electron chi connectivity index (χ4n) is 2.68. The number of ether oxygens (including phenoxy) is 1. The Kier molecular flexibility index (Phi) is 4.73. The Morgan fingerprint density at radius 1 is 1.43 bits per heavy atom. The van der Waals surface area contributed by atoms with E-state index in [1.54, 1.807) is 23.1 Å². The van der Waals surface area contributed by atoms with E-state index in [0.29, 0.717) is 49.5 Å². The third kappa shape index (κ3) is 3.67. The van der Waals surface area contributed by atoms with Crippen molar-refractivity contribution in [2.24, 2.45) is 0 Å². The molecule has 0 saturated carbocycles. The number of benzene rings is 1. The molecule has 0 aromatic heterocycles. The first-order valence-electron chi connectivity index (χ1n) is 7.47. The van der Waals surface area contributed by atoms with Crippen molar-refractivity contribution in [3.8, 4) is 5.75 Å². The highest BCUT2D eigenvalue weighted by Gasteiger charge is 2.29. The first-order valence-corrected chi connectivity index (χ1v) is 7.47. The van der Waals surface area contributed by atoms with E-state index in [4.69, 9.17) is 10.5 Å². The van der Waals surface area contributed by atoms with Gasteiger partial charge in [-0.05, 0) is 45.2 Å².